The van der Waals surface area contributed by atoms with Crippen LogP contribution in [0.1, 0.15) is 30.3 Å². The monoisotopic (exact) mass is 296 g/mol. The van der Waals surface area contributed by atoms with Crippen molar-refractivity contribution in [3.05, 3.63) is 17.8 Å². The molecule has 1 amide bonds. The van der Waals surface area contributed by atoms with Gasteiger partial charge in [0.15, 0.2) is 5.69 Å². The summed E-state index contributed by atoms with van der Waals surface area (Å²) in [7, 11) is 1.66. The molecule has 0 saturated heterocycles. The van der Waals surface area contributed by atoms with Gasteiger partial charge in [-0.05, 0) is 31.9 Å². The van der Waals surface area contributed by atoms with Crippen LogP contribution in [0.25, 0.3) is 0 Å². The first kappa shape index (κ1) is 17.3. The van der Waals surface area contributed by atoms with E-state index in [-0.39, 0.29) is 5.91 Å². The fourth-order valence-electron chi connectivity index (χ4n) is 1.59. The minimum Gasteiger partial charge on any atom is -0.382 e. The number of methoxy groups -OCH3 is 1. The van der Waals surface area contributed by atoms with E-state index in [1.807, 2.05) is 6.92 Å². The number of nitrogens with zero attached hydrogens (tertiary/aromatic N) is 2. The zero-order chi connectivity index (χ0) is 15.3. The first-order valence-electron chi connectivity index (χ1n) is 7.20. The summed E-state index contributed by atoms with van der Waals surface area (Å²) in [6.45, 7) is 5.23. The van der Waals surface area contributed by atoms with Gasteiger partial charge < -0.3 is 20.1 Å². The van der Waals surface area contributed by atoms with Crippen molar-refractivity contribution in [1.82, 2.24) is 15.5 Å². The van der Waals surface area contributed by atoms with E-state index in [0.717, 1.165) is 26.0 Å². The van der Waals surface area contributed by atoms with E-state index in [1.54, 1.807) is 19.2 Å². The van der Waals surface area contributed by atoms with Crippen molar-refractivity contribution in [1.29, 1.82) is 0 Å². The van der Waals surface area contributed by atoms with Gasteiger partial charge in [0.2, 0.25) is 0 Å². The Morgan fingerprint density at radius 3 is 2.71 bits per heavy atom. The van der Waals surface area contributed by atoms with Gasteiger partial charge in [0.1, 0.15) is 5.82 Å². The molecule has 7 heteroatoms. The zero-order valence-electron chi connectivity index (χ0n) is 12.7. The van der Waals surface area contributed by atoms with Gasteiger partial charge in [0.05, 0.1) is 13.2 Å². The van der Waals surface area contributed by atoms with Crippen LogP contribution in [0.3, 0.4) is 0 Å². The molecule has 0 spiro atoms. The SMILES string of the molecule is CCNC(=O)c1ccc(NCCCCOCCOC)nn1. The Morgan fingerprint density at radius 2 is 2.05 bits per heavy atom. The third kappa shape index (κ3) is 7.57. The van der Waals surface area contributed by atoms with Crippen molar-refractivity contribution in [2.24, 2.45) is 0 Å². The van der Waals surface area contributed by atoms with E-state index < -0.39 is 0 Å². The predicted octanol–water partition coefficient (Wildman–Crippen LogP) is 1.08. The number of nitrogens with one attached hydrogen (secondary N) is 2. The summed E-state index contributed by atoms with van der Waals surface area (Å²) in [6.07, 6.45) is 1.95. The zero-order valence-corrected chi connectivity index (χ0v) is 12.7. The lowest BCUT2D eigenvalue weighted by Gasteiger charge is -2.06. The fraction of sp³-hybridized carbons (Fsp3) is 0.643. The molecular formula is C14H24N4O3. The van der Waals surface area contributed by atoms with Crippen LogP contribution in [0.15, 0.2) is 12.1 Å². The lowest BCUT2D eigenvalue weighted by molar-refractivity contribution is 0.0691. The van der Waals surface area contributed by atoms with E-state index in [2.05, 4.69) is 20.8 Å². The lowest BCUT2D eigenvalue weighted by atomic mass is 10.3. The number of hydrogen-bond acceptors (Lipinski definition) is 6. The molecule has 0 aliphatic heterocycles. The van der Waals surface area contributed by atoms with Crippen LogP contribution in [0, 0.1) is 0 Å². The highest BCUT2D eigenvalue weighted by atomic mass is 16.5. The quantitative estimate of drug-likeness (QED) is 0.594. The summed E-state index contributed by atoms with van der Waals surface area (Å²) >= 11 is 0. The number of rotatable bonds is 11. The summed E-state index contributed by atoms with van der Waals surface area (Å²) in [5.41, 5.74) is 0.328. The average Bonchev–Trinajstić information content (AvgIpc) is 2.51. The Balaban J connectivity index is 2.14. The van der Waals surface area contributed by atoms with Gasteiger partial charge in [-0.2, -0.15) is 0 Å². The van der Waals surface area contributed by atoms with Crippen LogP contribution in [-0.4, -0.2) is 56.1 Å². The smallest absolute Gasteiger partial charge is 0.271 e. The third-order valence-electron chi connectivity index (χ3n) is 2.69. The molecule has 118 valence electrons. The van der Waals surface area contributed by atoms with E-state index in [9.17, 15) is 4.79 Å². The molecule has 0 unspecified atom stereocenters. The molecule has 1 aromatic heterocycles. The molecular weight excluding hydrogens is 272 g/mol. The minimum absolute atomic E-state index is 0.204. The molecule has 0 fully saturated rings. The van der Waals surface area contributed by atoms with Crippen molar-refractivity contribution in [2.45, 2.75) is 19.8 Å². The van der Waals surface area contributed by atoms with Crippen LogP contribution in [0.4, 0.5) is 5.82 Å². The van der Waals surface area contributed by atoms with E-state index in [0.29, 0.717) is 31.3 Å². The third-order valence-corrected chi connectivity index (χ3v) is 2.69. The van der Waals surface area contributed by atoms with Crippen molar-refractivity contribution in [2.75, 3.05) is 45.3 Å². The van der Waals surface area contributed by atoms with Gasteiger partial charge >= 0.3 is 0 Å². The number of amides is 1. The summed E-state index contributed by atoms with van der Waals surface area (Å²) in [4.78, 5) is 11.5. The maximum atomic E-state index is 11.5. The van der Waals surface area contributed by atoms with Gasteiger partial charge in [0, 0.05) is 26.8 Å². The molecule has 0 radical (unpaired) electrons. The summed E-state index contributed by atoms with van der Waals surface area (Å²) in [5.74, 6) is 0.466. The highest BCUT2D eigenvalue weighted by Crippen LogP contribution is 2.02. The molecule has 0 aliphatic rings. The van der Waals surface area contributed by atoms with Crippen molar-refractivity contribution in [3.63, 3.8) is 0 Å². The number of carbonyl (C=O) groups excluding carboxylic acids is 1. The van der Waals surface area contributed by atoms with Crippen LogP contribution in [0.2, 0.25) is 0 Å². The molecule has 21 heavy (non-hydrogen) atoms. The van der Waals surface area contributed by atoms with Crippen LogP contribution in [-0.2, 0) is 9.47 Å². The van der Waals surface area contributed by atoms with Gasteiger partial charge in [-0.3, -0.25) is 4.79 Å². The van der Waals surface area contributed by atoms with Crippen LogP contribution >= 0.6 is 0 Å². The Hall–Kier alpha value is -1.73. The van der Waals surface area contributed by atoms with Gasteiger partial charge in [-0.1, -0.05) is 0 Å². The topological polar surface area (TPSA) is 85.4 Å². The first-order valence-corrected chi connectivity index (χ1v) is 7.20. The normalized spacial score (nSPS) is 10.4. The number of hydrogen-bond donors (Lipinski definition) is 2. The molecule has 1 heterocycles. The molecule has 0 saturated carbocycles. The number of unbranched alkanes of at least 4 members (excludes halogenated alkanes) is 1. The van der Waals surface area contributed by atoms with Gasteiger partial charge in [-0.15, -0.1) is 10.2 Å². The van der Waals surface area contributed by atoms with E-state index in [1.165, 1.54) is 0 Å². The molecule has 0 aliphatic carbocycles. The second-order valence-corrected chi connectivity index (χ2v) is 4.40. The molecule has 0 atom stereocenters. The number of anilines is 1. The second kappa shape index (κ2) is 11.0. The Kier molecular flexibility index (Phi) is 9.06. The number of carbonyl (C=O) groups is 1. The maximum absolute atomic E-state index is 11.5. The molecule has 1 aromatic rings. The minimum atomic E-state index is -0.204. The maximum Gasteiger partial charge on any atom is 0.271 e. The Bertz CT molecular complexity index is 398. The highest BCUT2D eigenvalue weighted by Gasteiger charge is 2.06. The fourth-order valence-corrected chi connectivity index (χ4v) is 1.59. The van der Waals surface area contributed by atoms with Crippen LogP contribution in [0.5, 0.6) is 0 Å². The highest BCUT2D eigenvalue weighted by molar-refractivity contribution is 5.92. The summed E-state index contributed by atoms with van der Waals surface area (Å²) in [6, 6.07) is 3.42. The standard InChI is InChI=1S/C14H24N4O3/c1-3-15-14(19)12-6-7-13(18-17-12)16-8-4-5-9-21-11-10-20-2/h6-7H,3-5,8-11H2,1-2H3,(H,15,19)(H,16,18). The Morgan fingerprint density at radius 1 is 1.19 bits per heavy atom. The van der Waals surface area contributed by atoms with Crippen molar-refractivity contribution >= 4 is 11.7 Å². The Labute approximate surface area is 125 Å². The van der Waals surface area contributed by atoms with Crippen molar-refractivity contribution in [3.8, 4) is 0 Å². The molecule has 7 nitrogen and oxygen atoms in total. The van der Waals surface area contributed by atoms with Crippen LogP contribution < -0.4 is 10.6 Å². The lowest BCUT2D eigenvalue weighted by Crippen LogP contribution is -2.24. The first-order chi connectivity index (χ1) is 10.3. The summed E-state index contributed by atoms with van der Waals surface area (Å²) in [5, 5.41) is 13.7. The van der Waals surface area contributed by atoms with E-state index in [4.69, 9.17) is 9.47 Å². The van der Waals surface area contributed by atoms with Gasteiger partial charge in [-0.25, -0.2) is 0 Å². The molecule has 2 N–H and O–H groups in total. The summed E-state index contributed by atoms with van der Waals surface area (Å²) < 4.78 is 10.3. The second-order valence-electron chi connectivity index (χ2n) is 4.40. The molecule has 0 bridgehead atoms. The predicted molar refractivity (Wildman–Crippen MR) is 80.5 cm³/mol. The van der Waals surface area contributed by atoms with Crippen molar-refractivity contribution < 1.29 is 14.3 Å². The van der Waals surface area contributed by atoms with Gasteiger partial charge in [0.25, 0.3) is 5.91 Å². The largest absolute Gasteiger partial charge is 0.382 e. The number of aromatic nitrogens is 2. The average molecular weight is 296 g/mol. The molecule has 0 aromatic carbocycles. The van der Waals surface area contributed by atoms with E-state index >= 15 is 0 Å². The molecule has 1 rings (SSSR count). The number of ether oxygens (including phenoxy) is 2.